The lowest BCUT2D eigenvalue weighted by molar-refractivity contribution is 0.0918. The molecule has 0 amide bonds. The van der Waals surface area contributed by atoms with Crippen molar-refractivity contribution < 1.29 is 19.0 Å². The van der Waals surface area contributed by atoms with Gasteiger partial charge in [0.2, 0.25) is 0 Å². The molecule has 0 aliphatic rings. The largest absolute Gasteiger partial charge is 0.497 e. The van der Waals surface area contributed by atoms with E-state index in [1.165, 1.54) is 0 Å². The minimum Gasteiger partial charge on any atom is -0.497 e. The van der Waals surface area contributed by atoms with E-state index in [4.69, 9.17) is 19.5 Å². The summed E-state index contributed by atoms with van der Waals surface area (Å²) in [5.74, 6) is 1.33. The van der Waals surface area contributed by atoms with Crippen molar-refractivity contribution in [3.8, 4) is 23.3 Å². The van der Waals surface area contributed by atoms with Gasteiger partial charge in [-0.1, -0.05) is 12.1 Å². The number of hydrogen-bond donors (Lipinski definition) is 0. The minimum atomic E-state index is -0.171. The molecule has 0 atom stereocenters. The van der Waals surface area contributed by atoms with E-state index in [0.29, 0.717) is 35.0 Å². The topological polar surface area (TPSA) is 68.5 Å². The summed E-state index contributed by atoms with van der Waals surface area (Å²) in [6, 6.07) is 13.8. The van der Waals surface area contributed by atoms with E-state index in [1.807, 2.05) is 13.0 Å². The molecule has 0 saturated carbocycles. The van der Waals surface area contributed by atoms with Gasteiger partial charge >= 0.3 is 0 Å². The molecule has 0 N–H and O–H groups in total. The van der Waals surface area contributed by atoms with Crippen LogP contribution in [0.25, 0.3) is 0 Å². The fourth-order valence-electron chi connectivity index (χ4n) is 1.99. The zero-order valence-corrected chi connectivity index (χ0v) is 13.0. The van der Waals surface area contributed by atoms with Crippen LogP contribution >= 0.6 is 0 Å². The molecule has 0 unspecified atom stereocenters. The summed E-state index contributed by atoms with van der Waals surface area (Å²) in [6.45, 7) is 2.15. The van der Waals surface area contributed by atoms with Crippen LogP contribution in [-0.4, -0.2) is 26.1 Å². The Morgan fingerprint density at radius 2 is 1.96 bits per heavy atom. The van der Waals surface area contributed by atoms with Crippen LogP contribution < -0.4 is 14.2 Å². The number of rotatable bonds is 7. The van der Waals surface area contributed by atoms with E-state index in [1.54, 1.807) is 49.6 Å². The van der Waals surface area contributed by atoms with Gasteiger partial charge < -0.3 is 14.2 Å². The molecule has 5 nitrogen and oxygen atoms in total. The highest BCUT2D eigenvalue weighted by atomic mass is 16.5. The van der Waals surface area contributed by atoms with Crippen LogP contribution in [-0.2, 0) is 0 Å². The standard InChI is InChI=1S/C18H17NO4/c1-3-22-18-9-13(11-19)7-8-17(18)23-12-16(20)14-5-4-6-15(10-14)21-2/h4-10H,3,12H2,1-2H3. The number of methoxy groups -OCH3 is 1. The lowest BCUT2D eigenvalue weighted by atomic mass is 10.1. The third kappa shape index (κ3) is 4.24. The smallest absolute Gasteiger partial charge is 0.200 e. The molecule has 0 aliphatic carbocycles. The third-order valence-electron chi connectivity index (χ3n) is 3.12. The van der Waals surface area contributed by atoms with Crippen LogP contribution in [0.1, 0.15) is 22.8 Å². The third-order valence-corrected chi connectivity index (χ3v) is 3.12. The zero-order valence-electron chi connectivity index (χ0n) is 13.0. The maximum Gasteiger partial charge on any atom is 0.200 e. The number of nitrogens with zero attached hydrogens (tertiary/aromatic N) is 1. The molecule has 0 aliphatic heterocycles. The van der Waals surface area contributed by atoms with Gasteiger partial charge in [0.25, 0.3) is 0 Å². The molecule has 0 radical (unpaired) electrons. The normalized spacial score (nSPS) is 9.78. The summed E-state index contributed by atoms with van der Waals surface area (Å²) in [5, 5.41) is 8.92. The molecule has 0 spiro atoms. The number of carbonyl (C=O) groups is 1. The second-order valence-electron chi connectivity index (χ2n) is 4.65. The van der Waals surface area contributed by atoms with Crippen molar-refractivity contribution in [2.24, 2.45) is 0 Å². The molecule has 0 bridgehead atoms. The fourth-order valence-corrected chi connectivity index (χ4v) is 1.99. The highest BCUT2D eigenvalue weighted by molar-refractivity contribution is 5.97. The Labute approximate surface area is 135 Å². The van der Waals surface area contributed by atoms with Crippen LogP contribution in [0, 0.1) is 11.3 Å². The molecular weight excluding hydrogens is 294 g/mol. The molecule has 23 heavy (non-hydrogen) atoms. The number of hydrogen-bond acceptors (Lipinski definition) is 5. The first-order valence-corrected chi connectivity index (χ1v) is 7.15. The molecule has 2 aromatic carbocycles. The average Bonchev–Trinajstić information content (AvgIpc) is 2.60. The van der Waals surface area contributed by atoms with Crippen molar-refractivity contribution in [1.82, 2.24) is 0 Å². The summed E-state index contributed by atoms with van der Waals surface area (Å²) in [4.78, 5) is 12.2. The molecule has 2 rings (SSSR count). The lowest BCUT2D eigenvalue weighted by Gasteiger charge is -2.12. The van der Waals surface area contributed by atoms with Crippen LogP contribution in [0.3, 0.4) is 0 Å². The first-order valence-electron chi connectivity index (χ1n) is 7.15. The molecule has 2 aromatic rings. The van der Waals surface area contributed by atoms with Gasteiger partial charge in [-0.2, -0.15) is 5.26 Å². The van der Waals surface area contributed by atoms with Crippen molar-refractivity contribution >= 4 is 5.78 Å². The predicted molar refractivity (Wildman–Crippen MR) is 85.1 cm³/mol. The van der Waals surface area contributed by atoms with Crippen LogP contribution in [0.4, 0.5) is 0 Å². The zero-order chi connectivity index (χ0) is 16.7. The average molecular weight is 311 g/mol. The number of Topliss-reactive ketones (excluding diaryl/α,β-unsaturated/α-hetero) is 1. The quantitative estimate of drug-likeness (QED) is 0.734. The Morgan fingerprint density at radius 3 is 2.65 bits per heavy atom. The monoisotopic (exact) mass is 311 g/mol. The first kappa shape index (κ1) is 16.4. The molecule has 5 heteroatoms. The van der Waals surface area contributed by atoms with E-state index in [0.717, 1.165) is 0 Å². The van der Waals surface area contributed by atoms with Crippen molar-refractivity contribution in [2.45, 2.75) is 6.92 Å². The second kappa shape index (κ2) is 7.85. The van der Waals surface area contributed by atoms with Crippen molar-refractivity contribution in [1.29, 1.82) is 5.26 Å². The minimum absolute atomic E-state index is 0.126. The summed E-state index contributed by atoms with van der Waals surface area (Å²) >= 11 is 0. The van der Waals surface area contributed by atoms with Gasteiger partial charge in [0.1, 0.15) is 5.75 Å². The highest BCUT2D eigenvalue weighted by Gasteiger charge is 2.11. The van der Waals surface area contributed by atoms with Crippen LogP contribution in [0.15, 0.2) is 42.5 Å². The molecule has 0 saturated heterocycles. The van der Waals surface area contributed by atoms with Gasteiger partial charge in [-0.15, -0.1) is 0 Å². The Hall–Kier alpha value is -3.00. The Morgan fingerprint density at radius 1 is 1.13 bits per heavy atom. The van der Waals surface area contributed by atoms with Crippen LogP contribution in [0.5, 0.6) is 17.2 Å². The van der Waals surface area contributed by atoms with Crippen molar-refractivity contribution in [3.05, 3.63) is 53.6 Å². The van der Waals surface area contributed by atoms with Gasteiger partial charge in [0.15, 0.2) is 23.9 Å². The Bertz CT molecular complexity index is 734. The van der Waals surface area contributed by atoms with E-state index >= 15 is 0 Å². The van der Waals surface area contributed by atoms with E-state index in [9.17, 15) is 4.79 Å². The number of benzene rings is 2. The Balaban J connectivity index is 2.10. The van der Waals surface area contributed by atoms with E-state index in [-0.39, 0.29) is 12.4 Å². The number of nitriles is 1. The second-order valence-corrected chi connectivity index (χ2v) is 4.65. The number of carbonyl (C=O) groups excluding carboxylic acids is 1. The first-order chi connectivity index (χ1) is 11.2. The van der Waals surface area contributed by atoms with Crippen LogP contribution in [0.2, 0.25) is 0 Å². The summed E-state index contributed by atoms with van der Waals surface area (Å²) in [7, 11) is 1.55. The van der Waals surface area contributed by atoms with E-state index in [2.05, 4.69) is 0 Å². The molecule has 118 valence electrons. The molecule has 0 aromatic heterocycles. The maximum absolute atomic E-state index is 12.2. The Kier molecular flexibility index (Phi) is 5.59. The number of ketones is 1. The van der Waals surface area contributed by atoms with Gasteiger partial charge in [-0.05, 0) is 31.2 Å². The fraction of sp³-hybridized carbons (Fsp3) is 0.222. The predicted octanol–water partition coefficient (Wildman–Crippen LogP) is 3.23. The van der Waals surface area contributed by atoms with Gasteiger partial charge in [-0.3, -0.25) is 4.79 Å². The summed E-state index contributed by atoms with van der Waals surface area (Å²) in [5.41, 5.74) is 0.982. The van der Waals surface area contributed by atoms with Crippen molar-refractivity contribution in [2.75, 3.05) is 20.3 Å². The maximum atomic E-state index is 12.2. The summed E-state index contributed by atoms with van der Waals surface area (Å²) < 4.78 is 16.1. The highest BCUT2D eigenvalue weighted by Crippen LogP contribution is 2.28. The van der Waals surface area contributed by atoms with E-state index < -0.39 is 0 Å². The SMILES string of the molecule is CCOc1cc(C#N)ccc1OCC(=O)c1cccc(OC)c1. The van der Waals surface area contributed by atoms with Crippen molar-refractivity contribution in [3.63, 3.8) is 0 Å². The molecule has 0 fully saturated rings. The van der Waals surface area contributed by atoms with Gasteiger partial charge in [0, 0.05) is 11.6 Å². The lowest BCUT2D eigenvalue weighted by Crippen LogP contribution is -2.12. The van der Waals surface area contributed by atoms with Gasteiger partial charge in [-0.25, -0.2) is 0 Å². The summed E-state index contributed by atoms with van der Waals surface area (Å²) in [6.07, 6.45) is 0. The molecular formula is C18H17NO4. The molecule has 0 heterocycles. The number of ether oxygens (including phenoxy) is 3. The van der Waals surface area contributed by atoms with Gasteiger partial charge in [0.05, 0.1) is 25.3 Å².